The number of fused-ring (bicyclic) bond motifs is 1. The standard InChI is InChI=1S/C22H21FN4O4S/c1-14-20-18(25-27-32(29,30)17-12-10-15(23)11-13-17)8-5-9-19(20)31-21(14)22(28)26-24-16-6-3-2-4-7-16/h2-4,6-7,10-13,24,27H,5,8-9H2,1H3,(H,26,28)/b25-18+. The molecule has 0 saturated heterocycles. The molecule has 0 spiro atoms. The first-order chi connectivity index (χ1) is 15.3. The lowest BCUT2D eigenvalue weighted by Gasteiger charge is -2.14. The fourth-order valence-corrected chi connectivity index (χ4v) is 4.32. The minimum atomic E-state index is -3.96. The molecule has 1 aromatic heterocycles. The van der Waals surface area contributed by atoms with Crippen LogP contribution in [0.25, 0.3) is 0 Å². The zero-order valence-corrected chi connectivity index (χ0v) is 18.0. The Morgan fingerprint density at radius 3 is 2.50 bits per heavy atom. The summed E-state index contributed by atoms with van der Waals surface area (Å²) >= 11 is 0. The van der Waals surface area contributed by atoms with E-state index >= 15 is 0 Å². The number of carbonyl (C=O) groups is 1. The van der Waals surface area contributed by atoms with E-state index in [1.807, 2.05) is 18.2 Å². The smallest absolute Gasteiger partial charge is 0.305 e. The van der Waals surface area contributed by atoms with Crippen molar-refractivity contribution in [2.24, 2.45) is 5.10 Å². The lowest BCUT2D eigenvalue weighted by molar-refractivity contribution is 0.0932. The summed E-state index contributed by atoms with van der Waals surface area (Å²) in [6.07, 6.45) is 1.82. The van der Waals surface area contributed by atoms with Crippen molar-refractivity contribution < 1.29 is 22.0 Å². The summed E-state index contributed by atoms with van der Waals surface area (Å²) in [5, 5.41) is 4.10. The van der Waals surface area contributed by atoms with E-state index < -0.39 is 21.7 Å². The van der Waals surface area contributed by atoms with Crippen molar-refractivity contribution in [2.45, 2.75) is 31.1 Å². The molecular weight excluding hydrogens is 435 g/mol. The van der Waals surface area contributed by atoms with Crippen LogP contribution in [0.2, 0.25) is 0 Å². The summed E-state index contributed by atoms with van der Waals surface area (Å²) in [7, 11) is -3.96. The molecule has 0 bridgehead atoms. The lowest BCUT2D eigenvalue weighted by Crippen LogP contribution is -2.29. The van der Waals surface area contributed by atoms with E-state index in [2.05, 4.69) is 20.8 Å². The number of amides is 1. The second kappa shape index (κ2) is 8.83. The number of halogens is 1. The van der Waals surface area contributed by atoms with Gasteiger partial charge in [0.25, 0.3) is 10.0 Å². The van der Waals surface area contributed by atoms with Gasteiger partial charge in [0.2, 0.25) is 0 Å². The molecule has 1 amide bonds. The SMILES string of the molecule is Cc1c(C(=O)NNc2ccccc2)oc2c1/C(=N/NS(=O)(=O)c1ccc(F)cc1)CCC2. The fraction of sp³-hybridized carbons (Fsp3) is 0.182. The van der Waals surface area contributed by atoms with E-state index in [-0.39, 0.29) is 10.7 Å². The maximum atomic E-state index is 13.1. The maximum Gasteiger partial charge on any atom is 0.305 e. The van der Waals surface area contributed by atoms with E-state index in [0.29, 0.717) is 47.5 Å². The lowest BCUT2D eigenvalue weighted by atomic mass is 9.93. The molecule has 3 aromatic rings. The molecule has 0 atom stereocenters. The van der Waals surface area contributed by atoms with Gasteiger partial charge in [-0.25, -0.2) is 4.39 Å². The Hall–Kier alpha value is -3.66. The summed E-state index contributed by atoms with van der Waals surface area (Å²) in [5.41, 5.74) is 7.82. The Morgan fingerprint density at radius 2 is 1.78 bits per heavy atom. The van der Waals surface area contributed by atoms with E-state index in [9.17, 15) is 17.6 Å². The predicted molar refractivity (Wildman–Crippen MR) is 117 cm³/mol. The van der Waals surface area contributed by atoms with Crippen LogP contribution in [0.1, 0.15) is 40.3 Å². The number of furan rings is 1. The van der Waals surface area contributed by atoms with Crippen molar-refractivity contribution in [3.05, 3.63) is 83.1 Å². The molecule has 1 aliphatic carbocycles. The minimum absolute atomic E-state index is 0.102. The number of hydrogen-bond donors (Lipinski definition) is 3. The highest BCUT2D eigenvalue weighted by atomic mass is 32.2. The molecule has 4 rings (SSSR count). The quantitative estimate of drug-likeness (QED) is 0.492. The van der Waals surface area contributed by atoms with Crippen molar-refractivity contribution in [1.82, 2.24) is 10.3 Å². The number of aryl methyl sites for hydroxylation is 1. The molecule has 0 saturated carbocycles. The Balaban J connectivity index is 1.55. The monoisotopic (exact) mass is 456 g/mol. The molecule has 2 aromatic carbocycles. The van der Waals surface area contributed by atoms with Crippen LogP contribution in [0.4, 0.5) is 10.1 Å². The van der Waals surface area contributed by atoms with Gasteiger partial charge < -0.3 is 4.42 Å². The van der Waals surface area contributed by atoms with Crippen molar-refractivity contribution in [3.63, 3.8) is 0 Å². The fourth-order valence-electron chi connectivity index (χ4n) is 3.49. The number of nitrogens with zero attached hydrogens (tertiary/aromatic N) is 1. The third-order valence-corrected chi connectivity index (χ3v) is 6.28. The van der Waals surface area contributed by atoms with Gasteiger partial charge >= 0.3 is 5.91 Å². The molecule has 0 aliphatic heterocycles. The van der Waals surface area contributed by atoms with Gasteiger partial charge in [-0.2, -0.15) is 18.4 Å². The number of hydrogen-bond acceptors (Lipinski definition) is 6. The first kappa shape index (κ1) is 21.6. The highest BCUT2D eigenvalue weighted by molar-refractivity contribution is 7.89. The minimum Gasteiger partial charge on any atom is -0.455 e. The molecule has 0 fully saturated rings. The number of sulfonamides is 1. The molecule has 0 unspecified atom stereocenters. The number of para-hydroxylation sites is 1. The van der Waals surface area contributed by atoms with E-state index in [0.717, 1.165) is 24.3 Å². The van der Waals surface area contributed by atoms with Crippen LogP contribution in [-0.2, 0) is 16.4 Å². The molecule has 0 radical (unpaired) electrons. The highest BCUT2D eigenvalue weighted by Gasteiger charge is 2.28. The average Bonchev–Trinajstić information content (AvgIpc) is 3.14. The number of rotatable bonds is 6. The van der Waals surface area contributed by atoms with Gasteiger partial charge in [0.05, 0.1) is 16.3 Å². The summed E-state index contributed by atoms with van der Waals surface area (Å²) in [4.78, 5) is 14.7. The van der Waals surface area contributed by atoms with Crippen molar-refractivity contribution >= 4 is 27.3 Å². The molecule has 166 valence electrons. The van der Waals surface area contributed by atoms with E-state index in [1.165, 1.54) is 0 Å². The van der Waals surface area contributed by atoms with Gasteiger partial charge in [-0.1, -0.05) is 18.2 Å². The second-order valence-electron chi connectivity index (χ2n) is 7.26. The predicted octanol–water partition coefficient (Wildman–Crippen LogP) is 3.50. The van der Waals surface area contributed by atoms with Gasteiger partial charge in [-0.3, -0.25) is 15.6 Å². The third kappa shape index (κ3) is 4.50. The number of benzene rings is 2. The van der Waals surface area contributed by atoms with Crippen LogP contribution < -0.4 is 15.7 Å². The number of carbonyl (C=O) groups excluding carboxylic acids is 1. The molecule has 10 heteroatoms. The van der Waals surface area contributed by atoms with Gasteiger partial charge in [0.1, 0.15) is 11.6 Å². The zero-order valence-electron chi connectivity index (χ0n) is 17.2. The first-order valence-corrected chi connectivity index (χ1v) is 11.4. The number of nitrogens with one attached hydrogen (secondary N) is 3. The van der Waals surface area contributed by atoms with Gasteiger partial charge in [-0.15, -0.1) is 0 Å². The Labute approximate surface area is 184 Å². The number of hydrazone groups is 1. The molecular formula is C22H21FN4O4S. The van der Waals surface area contributed by atoms with Crippen LogP contribution >= 0.6 is 0 Å². The van der Waals surface area contributed by atoms with Crippen LogP contribution in [-0.4, -0.2) is 20.0 Å². The van der Waals surface area contributed by atoms with E-state index in [1.54, 1.807) is 19.1 Å². The van der Waals surface area contributed by atoms with Crippen LogP contribution in [0, 0.1) is 12.7 Å². The van der Waals surface area contributed by atoms with Crippen LogP contribution in [0.15, 0.2) is 69.0 Å². The summed E-state index contributed by atoms with van der Waals surface area (Å²) < 4.78 is 43.8. The molecule has 1 heterocycles. The zero-order chi connectivity index (χ0) is 22.7. The van der Waals surface area contributed by atoms with Gasteiger partial charge in [0, 0.05) is 17.5 Å². The maximum absolute atomic E-state index is 13.1. The van der Waals surface area contributed by atoms with E-state index in [4.69, 9.17) is 4.42 Å². The molecule has 3 N–H and O–H groups in total. The number of hydrazine groups is 1. The Bertz CT molecular complexity index is 1270. The average molecular weight is 456 g/mol. The topological polar surface area (TPSA) is 113 Å². The summed E-state index contributed by atoms with van der Waals surface area (Å²) in [6.45, 7) is 1.73. The van der Waals surface area contributed by atoms with Crippen LogP contribution in [0.3, 0.4) is 0 Å². The third-order valence-electron chi connectivity index (χ3n) is 5.05. The van der Waals surface area contributed by atoms with Gasteiger partial charge in [0.15, 0.2) is 5.76 Å². The first-order valence-electron chi connectivity index (χ1n) is 9.93. The molecule has 8 nitrogen and oxygen atoms in total. The Morgan fingerprint density at radius 1 is 1.06 bits per heavy atom. The summed E-state index contributed by atoms with van der Waals surface area (Å²) in [6, 6.07) is 13.6. The number of anilines is 1. The van der Waals surface area contributed by atoms with Gasteiger partial charge in [-0.05, 0) is 56.2 Å². The van der Waals surface area contributed by atoms with Crippen LogP contribution in [0.5, 0.6) is 0 Å². The second-order valence-corrected chi connectivity index (χ2v) is 8.92. The largest absolute Gasteiger partial charge is 0.455 e. The summed E-state index contributed by atoms with van der Waals surface area (Å²) in [5.74, 6) is -0.270. The Kier molecular flexibility index (Phi) is 5.95. The molecule has 32 heavy (non-hydrogen) atoms. The molecule has 1 aliphatic rings. The van der Waals surface area contributed by atoms with Crippen molar-refractivity contribution in [2.75, 3.05) is 5.43 Å². The van der Waals surface area contributed by atoms with Crippen molar-refractivity contribution in [3.8, 4) is 0 Å². The highest BCUT2D eigenvalue weighted by Crippen LogP contribution is 2.30. The van der Waals surface area contributed by atoms with Crippen molar-refractivity contribution in [1.29, 1.82) is 0 Å². The normalized spacial score (nSPS) is 14.6.